The van der Waals surface area contributed by atoms with Crippen LogP contribution in [-0.4, -0.2) is 66.9 Å². The molecule has 1 heterocycles. The second-order valence-electron chi connectivity index (χ2n) is 8.92. The molecule has 34 heavy (non-hydrogen) atoms. The van der Waals surface area contributed by atoms with Crippen molar-refractivity contribution >= 4 is 18.0 Å². The van der Waals surface area contributed by atoms with Crippen LogP contribution in [0.3, 0.4) is 0 Å². The van der Waals surface area contributed by atoms with Crippen molar-refractivity contribution < 1.29 is 29.0 Å². The molecule has 8 nitrogen and oxygen atoms in total. The van der Waals surface area contributed by atoms with Crippen molar-refractivity contribution in [2.45, 2.75) is 37.8 Å². The first-order chi connectivity index (χ1) is 16.4. The normalized spacial score (nSPS) is 20.2. The number of fused-ring (bicyclic) bond motifs is 3. The monoisotopic (exact) mass is 466 g/mol. The maximum atomic E-state index is 13.1. The number of carbonyl (C=O) groups excluding carboxylic acids is 2. The molecule has 2 aromatic carbocycles. The summed E-state index contributed by atoms with van der Waals surface area (Å²) in [6.07, 6.45) is 0.0762. The third-order valence-corrected chi connectivity index (χ3v) is 6.78. The van der Waals surface area contributed by atoms with Gasteiger partial charge in [-0.1, -0.05) is 48.5 Å². The summed E-state index contributed by atoms with van der Waals surface area (Å²) in [6.45, 7) is 2.29. The number of piperidine rings is 1. The number of carbonyl (C=O) groups is 3. The number of ether oxygens (including phenoxy) is 2. The second-order valence-corrected chi connectivity index (χ2v) is 8.92. The summed E-state index contributed by atoms with van der Waals surface area (Å²) < 4.78 is 10.7. The van der Waals surface area contributed by atoms with Crippen molar-refractivity contribution in [3.8, 4) is 11.1 Å². The number of carboxylic acid groups (broad SMARTS) is 1. The van der Waals surface area contributed by atoms with E-state index in [9.17, 15) is 19.5 Å². The molecule has 1 aliphatic carbocycles. The topological polar surface area (TPSA) is 105 Å². The Morgan fingerprint density at radius 3 is 2.26 bits per heavy atom. The summed E-state index contributed by atoms with van der Waals surface area (Å²) in [4.78, 5) is 38.7. The quantitative estimate of drug-likeness (QED) is 0.649. The van der Waals surface area contributed by atoms with Crippen LogP contribution in [0.2, 0.25) is 0 Å². The molecule has 2 aliphatic rings. The Bertz CT molecular complexity index is 1030. The number of nitrogens with zero attached hydrogens (tertiary/aromatic N) is 1. The molecular formula is C26H30N2O6. The number of benzene rings is 2. The first-order valence-electron chi connectivity index (χ1n) is 11.5. The van der Waals surface area contributed by atoms with Gasteiger partial charge >= 0.3 is 12.1 Å². The lowest BCUT2D eigenvalue weighted by molar-refractivity contribution is -0.148. The first kappa shape index (κ1) is 23.8. The van der Waals surface area contributed by atoms with E-state index in [2.05, 4.69) is 17.4 Å². The zero-order valence-electron chi connectivity index (χ0n) is 19.4. The number of alkyl carbamates (subject to hydrolysis) is 1. The van der Waals surface area contributed by atoms with Crippen LogP contribution in [0.25, 0.3) is 11.1 Å². The molecule has 3 atom stereocenters. The number of likely N-dealkylation sites (tertiary alicyclic amines) is 1. The van der Waals surface area contributed by atoms with Crippen LogP contribution in [0.1, 0.15) is 36.8 Å². The minimum atomic E-state index is -0.913. The van der Waals surface area contributed by atoms with Gasteiger partial charge in [0.1, 0.15) is 12.6 Å². The van der Waals surface area contributed by atoms with Crippen LogP contribution < -0.4 is 5.32 Å². The Kier molecular flexibility index (Phi) is 7.17. The Hall–Kier alpha value is -3.39. The highest BCUT2D eigenvalue weighted by Gasteiger charge is 2.36. The van der Waals surface area contributed by atoms with Gasteiger partial charge in [0.25, 0.3) is 0 Å². The van der Waals surface area contributed by atoms with E-state index in [0.717, 1.165) is 22.3 Å². The third kappa shape index (κ3) is 4.77. The average molecular weight is 467 g/mol. The maximum absolute atomic E-state index is 13.1. The van der Waals surface area contributed by atoms with Gasteiger partial charge in [0, 0.05) is 25.6 Å². The Morgan fingerprint density at radius 2 is 1.71 bits per heavy atom. The van der Waals surface area contributed by atoms with Crippen molar-refractivity contribution in [1.82, 2.24) is 10.2 Å². The molecule has 0 saturated carbocycles. The van der Waals surface area contributed by atoms with Crippen LogP contribution >= 0.6 is 0 Å². The van der Waals surface area contributed by atoms with E-state index >= 15 is 0 Å². The summed E-state index contributed by atoms with van der Waals surface area (Å²) in [5.41, 5.74) is 4.49. The Balaban J connectivity index is 1.39. The first-order valence-corrected chi connectivity index (χ1v) is 11.5. The number of nitrogens with one attached hydrogen (secondary N) is 1. The zero-order chi connectivity index (χ0) is 24.2. The van der Waals surface area contributed by atoms with Crippen LogP contribution in [0.5, 0.6) is 0 Å². The second kappa shape index (κ2) is 10.3. The van der Waals surface area contributed by atoms with Crippen LogP contribution in [0, 0.1) is 5.92 Å². The molecule has 1 fully saturated rings. The van der Waals surface area contributed by atoms with Crippen molar-refractivity contribution in [1.29, 1.82) is 0 Å². The lowest BCUT2D eigenvalue weighted by atomic mass is 9.91. The predicted octanol–water partition coefficient (Wildman–Crippen LogP) is 3.25. The molecule has 0 radical (unpaired) electrons. The SMILES string of the molecule is COCC(NC(=O)OCC1c2ccccc2-c2ccccc21)C(=O)N1CC[C@@H](C(=O)O)C[C@H]1C. The van der Waals surface area contributed by atoms with Gasteiger partial charge in [-0.15, -0.1) is 0 Å². The number of hydrogen-bond donors (Lipinski definition) is 2. The highest BCUT2D eigenvalue weighted by atomic mass is 16.5. The fraction of sp³-hybridized carbons (Fsp3) is 0.423. The molecule has 1 unspecified atom stereocenters. The molecule has 1 saturated heterocycles. The standard InChI is InChI=1S/C26H30N2O6/c1-16-13-17(25(30)31)11-12-28(16)24(29)23(15-33-2)27-26(32)34-14-22-20-9-5-3-7-18(20)19-8-4-6-10-21(19)22/h3-10,16-17,22-23H,11-15H2,1-2H3,(H,27,32)(H,30,31)/t16-,17-,23?/m1/s1. The summed E-state index contributed by atoms with van der Waals surface area (Å²) in [5.74, 6) is -1.68. The van der Waals surface area contributed by atoms with E-state index < -0.39 is 24.0 Å². The van der Waals surface area contributed by atoms with E-state index in [1.807, 2.05) is 43.3 Å². The highest BCUT2D eigenvalue weighted by Crippen LogP contribution is 2.44. The fourth-order valence-electron chi connectivity index (χ4n) is 5.05. The summed E-state index contributed by atoms with van der Waals surface area (Å²) in [5, 5.41) is 11.9. The summed E-state index contributed by atoms with van der Waals surface area (Å²) in [6, 6.07) is 15.0. The van der Waals surface area contributed by atoms with E-state index in [1.165, 1.54) is 7.11 Å². The van der Waals surface area contributed by atoms with E-state index in [-0.39, 0.29) is 31.1 Å². The van der Waals surface area contributed by atoms with Crippen LogP contribution in [0.15, 0.2) is 48.5 Å². The Labute approximate surface area is 198 Å². The molecule has 2 N–H and O–H groups in total. The minimum absolute atomic E-state index is 0.00535. The van der Waals surface area contributed by atoms with Crippen LogP contribution in [-0.2, 0) is 19.1 Å². The highest BCUT2D eigenvalue weighted by molar-refractivity contribution is 5.86. The number of hydrogen-bond acceptors (Lipinski definition) is 5. The Morgan fingerprint density at radius 1 is 1.09 bits per heavy atom. The summed E-state index contributed by atoms with van der Waals surface area (Å²) >= 11 is 0. The molecule has 4 rings (SSSR count). The van der Waals surface area contributed by atoms with Gasteiger partial charge in [0.15, 0.2) is 0 Å². The molecule has 2 amide bonds. The lowest BCUT2D eigenvalue weighted by Crippen LogP contribution is -2.55. The van der Waals surface area contributed by atoms with Crippen LogP contribution in [0.4, 0.5) is 4.79 Å². The maximum Gasteiger partial charge on any atom is 0.407 e. The average Bonchev–Trinajstić information content (AvgIpc) is 3.15. The molecular weight excluding hydrogens is 436 g/mol. The number of amides is 2. The van der Waals surface area contributed by atoms with Gasteiger partial charge in [-0.05, 0) is 42.0 Å². The molecule has 0 spiro atoms. The van der Waals surface area contributed by atoms with Crippen molar-refractivity contribution in [3.05, 3.63) is 59.7 Å². The summed E-state index contributed by atoms with van der Waals surface area (Å²) in [7, 11) is 1.46. The predicted molar refractivity (Wildman–Crippen MR) is 125 cm³/mol. The van der Waals surface area contributed by atoms with Crippen molar-refractivity contribution in [2.24, 2.45) is 5.92 Å². The molecule has 8 heteroatoms. The largest absolute Gasteiger partial charge is 0.481 e. The van der Waals surface area contributed by atoms with Gasteiger partial charge in [-0.3, -0.25) is 9.59 Å². The van der Waals surface area contributed by atoms with Gasteiger partial charge < -0.3 is 24.8 Å². The van der Waals surface area contributed by atoms with Gasteiger partial charge in [0.05, 0.1) is 12.5 Å². The molecule has 2 aromatic rings. The van der Waals surface area contributed by atoms with E-state index in [0.29, 0.717) is 19.4 Å². The molecule has 0 bridgehead atoms. The number of aliphatic carboxylic acids is 1. The van der Waals surface area contributed by atoms with Crippen molar-refractivity contribution in [3.63, 3.8) is 0 Å². The number of carboxylic acids is 1. The molecule has 180 valence electrons. The number of rotatable bonds is 7. The lowest BCUT2D eigenvalue weighted by Gasteiger charge is -2.38. The number of methoxy groups -OCH3 is 1. The smallest absolute Gasteiger partial charge is 0.407 e. The minimum Gasteiger partial charge on any atom is -0.481 e. The fourth-order valence-corrected chi connectivity index (χ4v) is 5.05. The van der Waals surface area contributed by atoms with Gasteiger partial charge in [-0.2, -0.15) is 0 Å². The molecule has 1 aliphatic heterocycles. The molecule has 0 aromatic heterocycles. The van der Waals surface area contributed by atoms with E-state index in [4.69, 9.17) is 9.47 Å². The van der Waals surface area contributed by atoms with E-state index in [1.54, 1.807) is 4.90 Å². The van der Waals surface area contributed by atoms with Gasteiger partial charge in [0.2, 0.25) is 5.91 Å². The van der Waals surface area contributed by atoms with Crippen molar-refractivity contribution in [2.75, 3.05) is 26.9 Å². The van der Waals surface area contributed by atoms with Gasteiger partial charge in [-0.25, -0.2) is 4.79 Å². The zero-order valence-corrected chi connectivity index (χ0v) is 19.4. The third-order valence-electron chi connectivity index (χ3n) is 6.78.